The zero-order valence-electron chi connectivity index (χ0n) is 13.0. The molecule has 0 radical (unpaired) electrons. The summed E-state index contributed by atoms with van der Waals surface area (Å²) < 4.78 is 0. The molecule has 5 nitrogen and oxygen atoms in total. The largest absolute Gasteiger partial charge is 0.335 e. The van der Waals surface area contributed by atoms with Crippen molar-refractivity contribution >= 4 is 17.6 Å². The molecule has 0 atom stereocenters. The summed E-state index contributed by atoms with van der Waals surface area (Å²) in [5.41, 5.74) is 1.94. The van der Waals surface area contributed by atoms with Crippen molar-refractivity contribution in [1.29, 1.82) is 0 Å². The third-order valence-corrected chi connectivity index (χ3v) is 4.46. The van der Waals surface area contributed by atoms with Gasteiger partial charge in [-0.3, -0.25) is 4.79 Å². The predicted molar refractivity (Wildman–Crippen MR) is 85.7 cm³/mol. The Morgan fingerprint density at radius 2 is 1.77 bits per heavy atom. The first-order valence-electron chi connectivity index (χ1n) is 8.05. The van der Waals surface area contributed by atoms with Crippen LogP contribution in [0.2, 0.25) is 0 Å². The Morgan fingerprint density at radius 3 is 2.41 bits per heavy atom. The molecule has 5 heteroatoms. The molecule has 3 amide bonds. The van der Waals surface area contributed by atoms with Gasteiger partial charge in [-0.25, -0.2) is 4.79 Å². The maximum atomic E-state index is 12.4. The molecule has 2 N–H and O–H groups in total. The quantitative estimate of drug-likeness (QED) is 0.901. The number of carbonyl (C=O) groups is 2. The molecule has 0 bridgehead atoms. The first kappa shape index (κ1) is 14.9. The molecule has 1 aliphatic carbocycles. The Balaban J connectivity index is 1.49. The molecule has 2 fully saturated rings. The maximum Gasteiger partial charge on any atom is 0.317 e. The minimum atomic E-state index is -0.00965. The third-order valence-electron chi connectivity index (χ3n) is 4.46. The lowest BCUT2D eigenvalue weighted by Gasteiger charge is -2.31. The number of para-hydroxylation sites is 1. The number of amides is 3. The Kier molecular flexibility index (Phi) is 4.32. The number of nitrogens with zero attached hydrogens (tertiary/aromatic N) is 1. The lowest BCUT2D eigenvalue weighted by molar-refractivity contribution is -0.121. The highest BCUT2D eigenvalue weighted by Gasteiger charge is 2.30. The van der Waals surface area contributed by atoms with E-state index in [9.17, 15) is 9.59 Å². The van der Waals surface area contributed by atoms with Crippen LogP contribution < -0.4 is 10.6 Å². The number of benzene rings is 1. The van der Waals surface area contributed by atoms with Crippen molar-refractivity contribution in [3.05, 3.63) is 29.8 Å². The monoisotopic (exact) mass is 301 g/mol. The fraction of sp³-hybridized carbons (Fsp3) is 0.529. The summed E-state index contributed by atoms with van der Waals surface area (Å²) >= 11 is 0. The molecular weight excluding hydrogens is 278 g/mol. The number of rotatable bonds is 3. The summed E-state index contributed by atoms with van der Waals surface area (Å²) in [7, 11) is 0. The number of carbonyl (C=O) groups excluding carboxylic acids is 2. The predicted octanol–water partition coefficient (Wildman–Crippen LogP) is 2.52. The molecular formula is C17H23N3O2. The van der Waals surface area contributed by atoms with E-state index >= 15 is 0 Å². The van der Waals surface area contributed by atoms with Crippen molar-refractivity contribution in [2.75, 3.05) is 18.4 Å². The Bertz CT molecular complexity index is 561. The Morgan fingerprint density at radius 1 is 1.09 bits per heavy atom. The Hall–Kier alpha value is -2.04. The molecule has 3 rings (SSSR count). The van der Waals surface area contributed by atoms with Crippen molar-refractivity contribution in [3.63, 3.8) is 0 Å². The lowest BCUT2D eigenvalue weighted by atomic mass is 9.96. The van der Waals surface area contributed by atoms with Crippen LogP contribution in [-0.2, 0) is 4.79 Å². The van der Waals surface area contributed by atoms with E-state index in [1.165, 1.54) is 0 Å². The van der Waals surface area contributed by atoms with Gasteiger partial charge in [0.15, 0.2) is 0 Å². The van der Waals surface area contributed by atoms with E-state index in [0.717, 1.165) is 36.9 Å². The topological polar surface area (TPSA) is 61.4 Å². The molecule has 2 aliphatic rings. The number of likely N-dealkylation sites (tertiary alicyclic amines) is 1. The van der Waals surface area contributed by atoms with Gasteiger partial charge in [0.25, 0.3) is 0 Å². The number of aryl methyl sites for hydroxylation is 1. The molecule has 118 valence electrons. The van der Waals surface area contributed by atoms with Crippen molar-refractivity contribution < 1.29 is 9.59 Å². The standard InChI is InChI=1S/C17H23N3O2/c1-12-4-2-3-5-15(12)19-16(21)13-8-10-20(11-9-13)17(22)18-14-6-7-14/h2-5,13-14H,6-11H2,1H3,(H,18,22)(H,19,21). The van der Waals surface area contributed by atoms with Gasteiger partial charge < -0.3 is 15.5 Å². The molecule has 1 aliphatic heterocycles. The van der Waals surface area contributed by atoms with E-state index < -0.39 is 0 Å². The van der Waals surface area contributed by atoms with Crippen LogP contribution in [0.5, 0.6) is 0 Å². The van der Waals surface area contributed by atoms with E-state index in [-0.39, 0.29) is 17.9 Å². The highest BCUT2D eigenvalue weighted by atomic mass is 16.2. The lowest BCUT2D eigenvalue weighted by Crippen LogP contribution is -2.46. The summed E-state index contributed by atoms with van der Waals surface area (Å²) in [6.07, 6.45) is 3.66. The van der Waals surface area contributed by atoms with E-state index in [0.29, 0.717) is 19.1 Å². The SMILES string of the molecule is Cc1ccccc1NC(=O)C1CCN(C(=O)NC2CC2)CC1. The minimum Gasteiger partial charge on any atom is -0.335 e. The summed E-state index contributed by atoms with van der Waals surface area (Å²) in [5, 5.41) is 6.01. The first-order valence-corrected chi connectivity index (χ1v) is 8.05. The van der Waals surface area contributed by atoms with Crippen molar-refractivity contribution in [2.24, 2.45) is 5.92 Å². The summed E-state index contributed by atoms with van der Waals surface area (Å²) in [4.78, 5) is 26.2. The Labute approximate surface area is 131 Å². The number of urea groups is 1. The van der Waals surface area contributed by atoms with Crippen LogP contribution in [0, 0.1) is 12.8 Å². The minimum absolute atomic E-state index is 0.00965. The maximum absolute atomic E-state index is 12.4. The zero-order valence-corrected chi connectivity index (χ0v) is 13.0. The molecule has 1 saturated heterocycles. The van der Waals surface area contributed by atoms with Crippen molar-refractivity contribution in [1.82, 2.24) is 10.2 Å². The van der Waals surface area contributed by atoms with Crippen molar-refractivity contribution in [2.45, 2.75) is 38.6 Å². The van der Waals surface area contributed by atoms with Gasteiger partial charge >= 0.3 is 6.03 Å². The van der Waals surface area contributed by atoms with E-state index in [4.69, 9.17) is 0 Å². The highest BCUT2D eigenvalue weighted by Crippen LogP contribution is 2.23. The van der Waals surface area contributed by atoms with Crippen molar-refractivity contribution in [3.8, 4) is 0 Å². The molecule has 1 saturated carbocycles. The van der Waals surface area contributed by atoms with Gasteiger partial charge in [0.2, 0.25) is 5.91 Å². The average molecular weight is 301 g/mol. The fourth-order valence-electron chi connectivity index (χ4n) is 2.79. The van der Waals surface area contributed by atoms with Crippen LogP contribution in [-0.4, -0.2) is 36.0 Å². The third kappa shape index (κ3) is 3.59. The van der Waals surface area contributed by atoms with E-state index in [1.807, 2.05) is 36.1 Å². The second-order valence-corrected chi connectivity index (χ2v) is 6.29. The van der Waals surface area contributed by atoms with Crippen LogP contribution in [0.1, 0.15) is 31.2 Å². The van der Waals surface area contributed by atoms with Crippen LogP contribution in [0.3, 0.4) is 0 Å². The highest BCUT2D eigenvalue weighted by molar-refractivity contribution is 5.93. The van der Waals surface area contributed by atoms with Gasteiger partial charge in [0.05, 0.1) is 0 Å². The number of nitrogens with one attached hydrogen (secondary N) is 2. The molecule has 1 heterocycles. The van der Waals surface area contributed by atoms with E-state index in [1.54, 1.807) is 0 Å². The number of hydrogen-bond donors (Lipinski definition) is 2. The number of hydrogen-bond acceptors (Lipinski definition) is 2. The molecule has 0 aromatic heterocycles. The van der Waals surface area contributed by atoms with Gasteiger partial charge in [0, 0.05) is 30.7 Å². The van der Waals surface area contributed by atoms with Gasteiger partial charge in [-0.15, -0.1) is 0 Å². The van der Waals surface area contributed by atoms with E-state index in [2.05, 4.69) is 10.6 Å². The van der Waals surface area contributed by atoms with Crippen LogP contribution in [0.4, 0.5) is 10.5 Å². The second-order valence-electron chi connectivity index (χ2n) is 6.29. The fourth-order valence-corrected chi connectivity index (χ4v) is 2.79. The summed E-state index contributed by atoms with van der Waals surface area (Å²) in [6, 6.07) is 8.20. The van der Waals surface area contributed by atoms with Crippen LogP contribution in [0.15, 0.2) is 24.3 Å². The average Bonchev–Trinajstić information content (AvgIpc) is 3.33. The smallest absolute Gasteiger partial charge is 0.317 e. The molecule has 22 heavy (non-hydrogen) atoms. The molecule has 0 unspecified atom stereocenters. The normalized spacial score (nSPS) is 18.9. The molecule has 1 aromatic carbocycles. The van der Waals surface area contributed by atoms with Crippen LogP contribution >= 0.6 is 0 Å². The molecule has 1 aromatic rings. The first-order chi connectivity index (χ1) is 10.6. The zero-order chi connectivity index (χ0) is 15.5. The summed E-state index contributed by atoms with van der Waals surface area (Å²) in [6.45, 7) is 3.30. The number of anilines is 1. The van der Waals surface area contributed by atoms with Crippen LogP contribution in [0.25, 0.3) is 0 Å². The summed E-state index contributed by atoms with van der Waals surface area (Å²) in [5.74, 6) is 0.0566. The van der Waals surface area contributed by atoms with Gasteiger partial charge in [-0.1, -0.05) is 18.2 Å². The molecule has 0 spiro atoms. The van der Waals surface area contributed by atoms with Gasteiger partial charge in [-0.05, 0) is 44.2 Å². The number of piperidine rings is 1. The van der Waals surface area contributed by atoms with Gasteiger partial charge in [-0.2, -0.15) is 0 Å². The second kappa shape index (κ2) is 6.38. The van der Waals surface area contributed by atoms with Gasteiger partial charge in [0.1, 0.15) is 0 Å².